The van der Waals surface area contributed by atoms with Gasteiger partial charge in [-0.2, -0.15) is 0 Å². The number of aryl methyl sites for hydroxylation is 1. The zero-order chi connectivity index (χ0) is 19.9. The highest BCUT2D eigenvalue weighted by Gasteiger charge is 2.22. The number of rotatable bonds is 7. The summed E-state index contributed by atoms with van der Waals surface area (Å²) in [6.07, 6.45) is 0.149. The lowest BCUT2D eigenvalue weighted by Crippen LogP contribution is -2.45. The van der Waals surface area contributed by atoms with Crippen LogP contribution in [0.3, 0.4) is 0 Å². The first-order valence-corrected chi connectivity index (χ1v) is 8.97. The molecule has 1 atom stereocenters. The second-order valence-corrected chi connectivity index (χ2v) is 6.59. The molecule has 28 heavy (non-hydrogen) atoms. The Bertz CT molecular complexity index is 942. The fraction of sp³-hybridized carbons (Fsp3) is 0.150. The van der Waals surface area contributed by atoms with Gasteiger partial charge < -0.3 is 9.84 Å². The van der Waals surface area contributed by atoms with E-state index < -0.39 is 6.04 Å². The van der Waals surface area contributed by atoms with E-state index in [9.17, 15) is 9.59 Å². The molecular weight excluding hydrogens is 380 g/mol. The van der Waals surface area contributed by atoms with Crippen LogP contribution in [-0.4, -0.2) is 17.0 Å². The number of benzene rings is 2. The van der Waals surface area contributed by atoms with E-state index in [-0.39, 0.29) is 18.2 Å². The number of hydrazine groups is 1. The monoisotopic (exact) mass is 398 g/mol. The molecule has 0 fully saturated rings. The van der Waals surface area contributed by atoms with E-state index in [1.54, 1.807) is 49.4 Å². The Morgan fingerprint density at radius 2 is 1.82 bits per heavy atom. The highest BCUT2D eigenvalue weighted by atomic mass is 35.5. The molecular formula is C20H19ClN4O3. The normalized spacial score (nSPS) is 11.6. The first-order valence-electron chi connectivity index (χ1n) is 8.59. The zero-order valence-electron chi connectivity index (χ0n) is 15.1. The topological polar surface area (TPSA) is 96.3 Å². The van der Waals surface area contributed by atoms with Gasteiger partial charge >= 0.3 is 0 Å². The SMILES string of the molecule is Cc1cc(NC(=O)C(NNC(=O)Cc2ccc(Cl)cc2)c2ccccc2)no1. The maximum Gasteiger partial charge on any atom is 0.249 e. The molecule has 1 unspecified atom stereocenters. The Balaban J connectivity index is 1.66. The molecule has 8 heteroatoms. The number of nitrogens with zero attached hydrogens (tertiary/aromatic N) is 1. The van der Waals surface area contributed by atoms with Gasteiger partial charge in [0.1, 0.15) is 11.8 Å². The third-order valence-corrected chi connectivity index (χ3v) is 4.16. The van der Waals surface area contributed by atoms with Crippen LogP contribution in [0.15, 0.2) is 65.2 Å². The molecule has 0 aliphatic rings. The van der Waals surface area contributed by atoms with E-state index >= 15 is 0 Å². The minimum atomic E-state index is -0.813. The first-order chi connectivity index (χ1) is 13.5. The van der Waals surface area contributed by atoms with Crippen molar-refractivity contribution in [1.82, 2.24) is 16.0 Å². The summed E-state index contributed by atoms with van der Waals surface area (Å²) in [7, 11) is 0. The van der Waals surface area contributed by atoms with Crippen molar-refractivity contribution in [2.75, 3.05) is 5.32 Å². The number of anilines is 1. The van der Waals surface area contributed by atoms with Gasteiger partial charge in [0, 0.05) is 11.1 Å². The highest BCUT2D eigenvalue weighted by Crippen LogP contribution is 2.16. The third kappa shape index (κ3) is 5.42. The summed E-state index contributed by atoms with van der Waals surface area (Å²) in [4.78, 5) is 25.0. The third-order valence-electron chi connectivity index (χ3n) is 3.91. The molecule has 0 spiro atoms. The van der Waals surface area contributed by atoms with Crippen molar-refractivity contribution < 1.29 is 14.1 Å². The number of carbonyl (C=O) groups excluding carboxylic acids is 2. The molecule has 0 bridgehead atoms. The van der Waals surface area contributed by atoms with Gasteiger partial charge in [-0.1, -0.05) is 59.2 Å². The average Bonchev–Trinajstić information content (AvgIpc) is 3.09. The van der Waals surface area contributed by atoms with E-state index in [1.807, 2.05) is 18.2 Å². The Morgan fingerprint density at radius 1 is 1.11 bits per heavy atom. The lowest BCUT2D eigenvalue weighted by atomic mass is 10.1. The number of nitrogens with one attached hydrogen (secondary N) is 3. The van der Waals surface area contributed by atoms with E-state index in [4.69, 9.17) is 16.1 Å². The molecule has 1 heterocycles. The van der Waals surface area contributed by atoms with Crippen LogP contribution in [0.25, 0.3) is 0 Å². The van der Waals surface area contributed by atoms with Crippen LogP contribution >= 0.6 is 11.6 Å². The fourth-order valence-corrected chi connectivity index (χ4v) is 2.68. The van der Waals surface area contributed by atoms with Crippen molar-refractivity contribution in [1.29, 1.82) is 0 Å². The number of hydrogen-bond donors (Lipinski definition) is 3. The van der Waals surface area contributed by atoms with Gasteiger partial charge in [-0.05, 0) is 30.2 Å². The summed E-state index contributed by atoms with van der Waals surface area (Å²) >= 11 is 5.85. The van der Waals surface area contributed by atoms with Gasteiger partial charge in [0.15, 0.2) is 5.82 Å². The number of amides is 2. The minimum Gasteiger partial charge on any atom is -0.360 e. The molecule has 144 valence electrons. The van der Waals surface area contributed by atoms with Crippen molar-refractivity contribution >= 4 is 29.2 Å². The van der Waals surface area contributed by atoms with Gasteiger partial charge in [-0.15, -0.1) is 0 Å². The van der Waals surface area contributed by atoms with Crippen molar-refractivity contribution in [3.05, 3.63) is 82.6 Å². The van der Waals surface area contributed by atoms with E-state index in [1.165, 1.54) is 0 Å². The largest absolute Gasteiger partial charge is 0.360 e. The summed E-state index contributed by atoms with van der Waals surface area (Å²) in [6.45, 7) is 1.73. The first kappa shape index (κ1) is 19.6. The Morgan fingerprint density at radius 3 is 2.46 bits per heavy atom. The zero-order valence-corrected chi connectivity index (χ0v) is 15.9. The van der Waals surface area contributed by atoms with Crippen LogP contribution in [0, 0.1) is 6.92 Å². The molecule has 3 aromatic rings. The molecule has 0 saturated heterocycles. The second kappa shape index (κ2) is 9.16. The van der Waals surface area contributed by atoms with Crippen molar-refractivity contribution in [3.8, 4) is 0 Å². The Labute approximate surface area is 167 Å². The second-order valence-electron chi connectivity index (χ2n) is 6.15. The lowest BCUT2D eigenvalue weighted by molar-refractivity contribution is -0.123. The van der Waals surface area contributed by atoms with Gasteiger partial charge in [0.2, 0.25) is 11.8 Å². The molecule has 3 rings (SSSR count). The summed E-state index contributed by atoms with van der Waals surface area (Å²) in [6, 6.07) is 16.8. The van der Waals surface area contributed by atoms with Gasteiger partial charge in [-0.3, -0.25) is 15.0 Å². The van der Waals surface area contributed by atoms with Crippen LogP contribution in [0.2, 0.25) is 5.02 Å². The van der Waals surface area contributed by atoms with Crippen LogP contribution in [0.1, 0.15) is 22.9 Å². The minimum absolute atomic E-state index is 0.149. The fourth-order valence-electron chi connectivity index (χ4n) is 2.55. The summed E-state index contributed by atoms with van der Waals surface area (Å²) in [5, 5.41) is 7.03. The predicted octanol–water partition coefficient (Wildman–Crippen LogP) is 3.18. The molecule has 0 aliphatic carbocycles. The molecule has 2 amide bonds. The van der Waals surface area contributed by atoms with Crippen LogP contribution < -0.4 is 16.2 Å². The number of aromatic nitrogens is 1. The van der Waals surface area contributed by atoms with Crippen LogP contribution in [0.5, 0.6) is 0 Å². The average molecular weight is 399 g/mol. The number of carbonyl (C=O) groups is 2. The van der Waals surface area contributed by atoms with E-state index in [0.29, 0.717) is 22.2 Å². The van der Waals surface area contributed by atoms with E-state index in [0.717, 1.165) is 5.56 Å². The summed E-state index contributed by atoms with van der Waals surface area (Å²) < 4.78 is 4.96. The number of hydrogen-bond acceptors (Lipinski definition) is 5. The van der Waals surface area contributed by atoms with Gasteiger partial charge in [0.25, 0.3) is 0 Å². The predicted molar refractivity (Wildman–Crippen MR) is 105 cm³/mol. The molecule has 3 N–H and O–H groups in total. The van der Waals surface area contributed by atoms with Crippen molar-refractivity contribution in [2.45, 2.75) is 19.4 Å². The maximum atomic E-state index is 12.7. The molecule has 0 radical (unpaired) electrons. The maximum absolute atomic E-state index is 12.7. The number of halogens is 1. The Kier molecular flexibility index (Phi) is 6.41. The van der Waals surface area contributed by atoms with E-state index in [2.05, 4.69) is 21.3 Å². The van der Waals surface area contributed by atoms with Crippen LogP contribution in [-0.2, 0) is 16.0 Å². The van der Waals surface area contributed by atoms with Crippen LogP contribution in [0.4, 0.5) is 5.82 Å². The smallest absolute Gasteiger partial charge is 0.249 e. The van der Waals surface area contributed by atoms with Crippen molar-refractivity contribution in [2.24, 2.45) is 0 Å². The summed E-state index contributed by atoms with van der Waals surface area (Å²) in [5.74, 6) is 0.216. The highest BCUT2D eigenvalue weighted by molar-refractivity contribution is 6.30. The standard InChI is InChI=1S/C20H19ClN4O3/c1-13-11-17(25-28-13)22-20(27)19(15-5-3-2-4-6-15)24-23-18(26)12-14-7-9-16(21)10-8-14/h2-11,19,24H,12H2,1H3,(H,23,26)(H,22,25,27). The molecule has 0 saturated carbocycles. The lowest BCUT2D eigenvalue weighted by Gasteiger charge is -2.18. The molecule has 7 nitrogen and oxygen atoms in total. The Hall–Kier alpha value is -3.16. The van der Waals surface area contributed by atoms with Gasteiger partial charge in [-0.25, -0.2) is 5.43 Å². The summed E-state index contributed by atoms with van der Waals surface area (Å²) in [5.41, 5.74) is 6.88. The molecule has 0 aliphatic heterocycles. The van der Waals surface area contributed by atoms with Crippen molar-refractivity contribution in [3.63, 3.8) is 0 Å². The van der Waals surface area contributed by atoms with Gasteiger partial charge in [0.05, 0.1) is 6.42 Å². The molecule has 2 aromatic carbocycles. The quantitative estimate of drug-likeness (QED) is 0.531. The molecule has 1 aromatic heterocycles.